The smallest absolute Gasteiger partial charge is 0.187 e. The summed E-state index contributed by atoms with van der Waals surface area (Å²) in [5.41, 5.74) is 2.70. The van der Waals surface area contributed by atoms with Crippen molar-refractivity contribution in [3.8, 4) is 5.75 Å². The lowest BCUT2D eigenvalue weighted by atomic mass is 10.1. The van der Waals surface area contributed by atoms with Crippen LogP contribution < -0.4 is 4.74 Å². The fraction of sp³-hybridized carbons (Fsp3) is 0.286. The number of Topliss-reactive ketones (excluding diaryl/α,β-unsaturated/α-hetero) is 1. The van der Waals surface area contributed by atoms with Crippen molar-refractivity contribution >= 4 is 5.78 Å². The summed E-state index contributed by atoms with van der Waals surface area (Å²) in [5.74, 6) is 0.610. The van der Waals surface area contributed by atoms with Crippen LogP contribution in [0.3, 0.4) is 0 Å². The number of carbonyl (C=O) groups is 1. The van der Waals surface area contributed by atoms with E-state index in [1.54, 1.807) is 24.1 Å². The van der Waals surface area contributed by atoms with Gasteiger partial charge in [-0.25, -0.2) is 0 Å². The molecule has 0 aliphatic rings. The second kappa shape index (κ2) is 5.04. The highest BCUT2D eigenvalue weighted by atomic mass is 16.5. The summed E-state index contributed by atoms with van der Waals surface area (Å²) >= 11 is 0. The maximum Gasteiger partial charge on any atom is 0.187 e. The monoisotopic (exact) mass is 244 g/mol. The van der Waals surface area contributed by atoms with Crippen LogP contribution in [-0.2, 0) is 6.54 Å². The zero-order valence-corrected chi connectivity index (χ0v) is 10.8. The predicted molar refractivity (Wildman–Crippen MR) is 69.0 cm³/mol. The van der Waals surface area contributed by atoms with Crippen LogP contribution in [0.15, 0.2) is 30.6 Å². The van der Waals surface area contributed by atoms with Gasteiger partial charge in [-0.2, -0.15) is 5.10 Å². The normalized spacial score (nSPS) is 10.4. The van der Waals surface area contributed by atoms with Crippen LogP contribution in [0.4, 0.5) is 0 Å². The number of rotatable bonds is 4. The van der Waals surface area contributed by atoms with E-state index >= 15 is 0 Å². The number of aromatic nitrogens is 2. The first-order chi connectivity index (χ1) is 8.60. The quantitative estimate of drug-likeness (QED) is 0.776. The lowest BCUT2D eigenvalue weighted by Gasteiger charge is -2.08. The van der Waals surface area contributed by atoms with Gasteiger partial charge in [0.25, 0.3) is 0 Å². The number of hydrogen-bond donors (Lipinski definition) is 0. The van der Waals surface area contributed by atoms with E-state index in [-0.39, 0.29) is 12.3 Å². The molecule has 2 rings (SSSR count). The summed E-state index contributed by atoms with van der Waals surface area (Å²) in [6.07, 6.45) is 3.58. The summed E-state index contributed by atoms with van der Waals surface area (Å²) in [5, 5.41) is 4.11. The number of aryl methyl sites for hydroxylation is 2. The third kappa shape index (κ3) is 2.59. The first-order valence-electron chi connectivity index (χ1n) is 5.77. The van der Waals surface area contributed by atoms with Crippen molar-refractivity contribution in [2.75, 3.05) is 7.11 Å². The Bertz CT molecular complexity index is 573. The number of hydrogen-bond acceptors (Lipinski definition) is 3. The minimum atomic E-state index is -0.00468. The summed E-state index contributed by atoms with van der Waals surface area (Å²) in [6, 6.07) is 5.57. The molecule has 0 aliphatic heterocycles. The van der Waals surface area contributed by atoms with Gasteiger partial charge in [-0.15, -0.1) is 0 Å². The molecule has 0 fully saturated rings. The van der Waals surface area contributed by atoms with Crippen LogP contribution >= 0.6 is 0 Å². The molecule has 4 nitrogen and oxygen atoms in total. The molecule has 0 aliphatic carbocycles. The molecule has 0 saturated carbocycles. The Balaban J connectivity index is 2.23. The lowest BCUT2D eigenvalue weighted by Crippen LogP contribution is -2.12. The van der Waals surface area contributed by atoms with Crippen molar-refractivity contribution < 1.29 is 9.53 Å². The van der Waals surface area contributed by atoms with Crippen LogP contribution in [0.2, 0.25) is 0 Å². The molecule has 0 radical (unpaired) electrons. The standard InChI is InChI=1S/C14H16N2O2/c1-10-4-5-12(14(6-10)18-3)13(17)9-16-8-11(2)7-15-16/h4-8H,9H2,1-3H3. The fourth-order valence-corrected chi connectivity index (χ4v) is 1.81. The molecule has 0 bridgehead atoms. The van der Waals surface area contributed by atoms with Gasteiger partial charge in [-0.3, -0.25) is 9.48 Å². The summed E-state index contributed by atoms with van der Waals surface area (Å²) in [7, 11) is 1.57. The Kier molecular flexibility index (Phi) is 3.46. The van der Waals surface area contributed by atoms with Gasteiger partial charge >= 0.3 is 0 Å². The molecule has 0 unspecified atom stereocenters. The van der Waals surface area contributed by atoms with Gasteiger partial charge in [-0.1, -0.05) is 6.07 Å². The third-order valence-corrected chi connectivity index (χ3v) is 2.73. The van der Waals surface area contributed by atoms with Gasteiger partial charge in [0.05, 0.1) is 18.9 Å². The van der Waals surface area contributed by atoms with Crippen molar-refractivity contribution in [2.24, 2.45) is 0 Å². The molecular weight excluding hydrogens is 228 g/mol. The number of methoxy groups -OCH3 is 1. The average molecular weight is 244 g/mol. The first-order valence-corrected chi connectivity index (χ1v) is 5.77. The highest BCUT2D eigenvalue weighted by Gasteiger charge is 2.13. The molecule has 1 aromatic heterocycles. The van der Waals surface area contributed by atoms with Gasteiger partial charge in [0.1, 0.15) is 12.3 Å². The van der Waals surface area contributed by atoms with E-state index in [1.165, 1.54) is 0 Å². The summed E-state index contributed by atoms with van der Waals surface area (Å²) in [4.78, 5) is 12.2. The predicted octanol–water partition coefficient (Wildman–Crippen LogP) is 2.39. The van der Waals surface area contributed by atoms with Crippen molar-refractivity contribution in [3.05, 3.63) is 47.3 Å². The van der Waals surface area contributed by atoms with Crippen LogP contribution in [0, 0.1) is 13.8 Å². The van der Waals surface area contributed by atoms with Crippen molar-refractivity contribution in [3.63, 3.8) is 0 Å². The molecule has 0 saturated heterocycles. The van der Waals surface area contributed by atoms with Crippen LogP contribution in [0.1, 0.15) is 21.5 Å². The molecule has 18 heavy (non-hydrogen) atoms. The topological polar surface area (TPSA) is 44.1 Å². The van der Waals surface area contributed by atoms with Gasteiger partial charge in [0.2, 0.25) is 0 Å². The Labute approximate surface area is 106 Å². The van der Waals surface area contributed by atoms with E-state index in [0.717, 1.165) is 11.1 Å². The van der Waals surface area contributed by atoms with E-state index in [4.69, 9.17) is 4.74 Å². The maximum atomic E-state index is 12.2. The maximum absolute atomic E-state index is 12.2. The molecule has 94 valence electrons. The van der Waals surface area contributed by atoms with Crippen molar-refractivity contribution in [1.82, 2.24) is 9.78 Å². The highest BCUT2D eigenvalue weighted by Crippen LogP contribution is 2.20. The molecule has 1 heterocycles. The third-order valence-electron chi connectivity index (χ3n) is 2.73. The lowest BCUT2D eigenvalue weighted by molar-refractivity contribution is 0.0965. The number of nitrogens with zero attached hydrogens (tertiary/aromatic N) is 2. The zero-order valence-electron chi connectivity index (χ0n) is 10.8. The molecule has 0 atom stereocenters. The number of benzene rings is 1. The SMILES string of the molecule is COc1cc(C)ccc1C(=O)Cn1cc(C)cn1. The van der Waals surface area contributed by atoms with E-state index < -0.39 is 0 Å². The van der Waals surface area contributed by atoms with Crippen LogP contribution in [0.25, 0.3) is 0 Å². The van der Waals surface area contributed by atoms with E-state index in [1.807, 2.05) is 32.2 Å². The molecular formula is C14H16N2O2. The van der Waals surface area contributed by atoms with Crippen molar-refractivity contribution in [1.29, 1.82) is 0 Å². The Morgan fingerprint density at radius 1 is 1.33 bits per heavy atom. The molecule has 0 N–H and O–H groups in total. The van der Waals surface area contributed by atoms with E-state index in [0.29, 0.717) is 11.3 Å². The number of carbonyl (C=O) groups excluding carboxylic acids is 1. The molecule has 0 spiro atoms. The van der Waals surface area contributed by atoms with Gasteiger partial charge in [0.15, 0.2) is 5.78 Å². The van der Waals surface area contributed by atoms with Crippen LogP contribution in [-0.4, -0.2) is 22.7 Å². The van der Waals surface area contributed by atoms with E-state index in [9.17, 15) is 4.79 Å². The Hall–Kier alpha value is -2.10. The van der Waals surface area contributed by atoms with Gasteiger partial charge in [-0.05, 0) is 37.1 Å². The molecule has 4 heteroatoms. The fourth-order valence-electron chi connectivity index (χ4n) is 1.81. The van der Waals surface area contributed by atoms with Gasteiger partial charge in [0, 0.05) is 6.20 Å². The van der Waals surface area contributed by atoms with Crippen molar-refractivity contribution in [2.45, 2.75) is 20.4 Å². The summed E-state index contributed by atoms with van der Waals surface area (Å²) < 4.78 is 6.88. The molecule has 2 aromatic rings. The second-order valence-electron chi connectivity index (χ2n) is 4.34. The Morgan fingerprint density at radius 3 is 2.72 bits per heavy atom. The zero-order chi connectivity index (χ0) is 13.1. The Morgan fingerprint density at radius 2 is 2.11 bits per heavy atom. The molecule has 1 aromatic carbocycles. The van der Waals surface area contributed by atoms with E-state index in [2.05, 4.69) is 5.10 Å². The van der Waals surface area contributed by atoms with Gasteiger partial charge < -0.3 is 4.74 Å². The minimum Gasteiger partial charge on any atom is -0.496 e. The minimum absolute atomic E-state index is 0.00468. The average Bonchev–Trinajstić information content (AvgIpc) is 2.74. The number of ketones is 1. The number of ether oxygens (including phenoxy) is 1. The largest absolute Gasteiger partial charge is 0.496 e. The van der Waals surface area contributed by atoms with Crippen LogP contribution in [0.5, 0.6) is 5.75 Å². The molecule has 0 amide bonds. The highest BCUT2D eigenvalue weighted by molar-refractivity contribution is 5.98. The summed E-state index contributed by atoms with van der Waals surface area (Å²) in [6.45, 7) is 4.14. The second-order valence-corrected chi connectivity index (χ2v) is 4.34. The first kappa shape index (κ1) is 12.4.